The van der Waals surface area contributed by atoms with Gasteiger partial charge < -0.3 is 4.74 Å². The summed E-state index contributed by atoms with van der Waals surface area (Å²) in [5, 5.41) is 0. The summed E-state index contributed by atoms with van der Waals surface area (Å²) < 4.78 is 5.67. The maximum atomic E-state index is 5.68. The Morgan fingerprint density at radius 3 is 2.75 bits per heavy atom. The van der Waals surface area contributed by atoms with Gasteiger partial charge in [0.25, 0.3) is 0 Å². The Labute approximate surface area is 98.2 Å². The number of ether oxygens (including phenoxy) is 1. The third kappa shape index (κ3) is 3.53. The standard InChI is InChI=1S/C14H19NO/c1-13-6-5-7-14(12-13)16-11-10-15-8-3-2-4-9-15/h1,5-7,12H,2-4,8-11H2. The lowest BCUT2D eigenvalue weighted by Gasteiger charge is -2.26. The molecule has 1 aliphatic rings. The monoisotopic (exact) mass is 217 g/mol. The Morgan fingerprint density at radius 2 is 2.00 bits per heavy atom. The third-order valence-electron chi connectivity index (χ3n) is 2.98. The normalized spacial score (nSPS) is 17.3. The number of piperidine rings is 1. The average Bonchev–Trinajstić information content (AvgIpc) is 2.30. The van der Waals surface area contributed by atoms with E-state index in [0.717, 1.165) is 24.5 Å². The molecule has 16 heavy (non-hydrogen) atoms. The zero-order valence-electron chi connectivity index (χ0n) is 9.69. The van der Waals surface area contributed by atoms with E-state index >= 15 is 0 Å². The molecule has 86 valence electrons. The Balaban J connectivity index is 1.71. The average molecular weight is 217 g/mol. The molecule has 2 rings (SSSR count). The molecule has 1 aromatic rings. The van der Waals surface area contributed by atoms with E-state index in [-0.39, 0.29) is 0 Å². The number of likely N-dealkylation sites (tertiary alicyclic amines) is 1. The van der Waals surface area contributed by atoms with E-state index in [0.29, 0.717) is 0 Å². The number of hydrogen-bond donors (Lipinski definition) is 0. The Morgan fingerprint density at radius 1 is 1.19 bits per heavy atom. The SMILES string of the molecule is [CH]c1cccc(OCCN2CCCCC2)c1. The first-order chi connectivity index (χ1) is 7.84. The summed E-state index contributed by atoms with van der Waals surface area (Å²) in [6.07, 6.45) is 4.04. The van der Waals surface area contributed by atoms with Crippen molar-refractivity contribution in [1.82, 2.24) is 4.90 Å². The van der Waals surface area contributed by atoms with Gasteiger partial charge in [-0.15, -0.1) is 0 Å². The molecule has 2 heteroatoms. The van der Waals surface area contributed by atoms with E-state index in [4.69, 9.17) is 11.7 Å². The van der Waals surface area contributed by atoms with Gasteiger partial charge in [0.1, 0.15) is 12.4 Å². The molecule has 2 nitrogen and oxygen atoms in total. The minimum atomic E-state index is 0.753. The van der Waals surface area contributed by atoms with E-state index in [2.05, 4.69) is 4.90 Å². The summed E-state index contributed by atoms with van der Waals surface area (Å²) in [6.45, 7) is 9.90. The van der Waals surface area contributed by atoms with Gasteiger partial charge in [0, 0.05) is 6.54 Å². The maximum absolute atomic E-state index is 5.68. The fraction of sp³-hybridized carbons (Fsp3) is 0.500. The lowest BCUT2D eigenvalue weighted by Crippen LogP contribution is -2.33. The highest BCUT2D eigenvalue weighted by atomic mass is 16.5. The van der Waals surface area contributed by atoms with Crippen LogP contribution in [-0.4, -0.2) is 31.1 Å². The first-order valence-electron chi connectivity index (χ1n) is 6.05. The van der Waals surface area contributed by atoms with E-state index < -0.39 is 0 Å². The minimum absolute atomic E-state index is 0.753. The molecule has 1 saturated heterocycles. The molecule has 1 fully saturated rings. The van der Waals surface area contributed by atoms with Gasteiger partial charge in [-0.05, 0) is 50.6 Å². The van der Waals surface area contributed by atoms with E-state index in [1.807, 2.05) is 24.3 Å². The van der Waals surface area contributed by atoms with Gasteiger partial charge in [-0.2, -0.15) is 0 Å². The van der Waals surface area contributed by atoms with Crippen LogP contribution < -0.4 is 4.74 Å². The van der Waals surface area contributed by atoms with Crippen molar-refractivity contribution in [2.75, 3.05) is 26.2 Å². The van der Waals surface area contributed by atoms with Crippen molar-refractivity contribution in [1.29, 1.82) is 0 Å². The van der Waals surface area contributed by atoms with E-state index in [9.17, 15) is 0 Å². The van der Waals surface area contributed by atoms with Crippen LogP contribution in [0.15, 0.2) is 24.3 Å². The summed E-state index contributed by atoms with van der Waals surface area (Å²) in [6, 6.07) is 7.62. The molecule has 1 aromatic carbocycles. The summed E-state index contributed by atoms with van der Waals surface area (Å²) in [7, 11) is 0. The van der Waals surface area contributed by atoms with E-state index in [1.165, 1.54) is 32.4 Å². The number of rotatable bonds is 4. The van der Waals surface area contributed by atoms with Crippen molar-refractivity contribution in [3.8, 4) is 5.75 Å². The molecule has 0 aliphatic carbocycles. The molecular weight excluding hydrogens is 198 g/mol. The predicted molar refractivity (Wildman–Crippen MR) is 65.6 cm³/mol. The molecule has 0 spiro atoms. The lowest BCUT2D eigenvalue weighted by molar-refractivity contribution is 0.183. The van der Waals surface area contributed by atoms with Crippen LogP contribution in [-0.2, 0) is 0 Å². The van der Waals surface area contributed by atoms with Crippen LogP contribution in [0.5, 0.6) is 5.75 Å². The minimum Gasteiger partial charge on any atom is -0.492 e. The second-order valence-electron chi connectivity index (χ2n) is 4.32. The summed E-state index contributed by atoms with van der Waals surface area (Å²) >= 11 is 0. The van der Waals surface area contributed by atoms with Crippen molar-refractivity contribution in [3.05, 3.63) is 36.8 Å². The Hall–Kier alpha value is -1.02. The molecular formula is C14H19NO. The third-order valence-corrected chi connectivity index (χ3v) is 2.98. The molecule has 0 saturated carbocycles. The topological polar surface area (TPSA) is 12.5 Å². The first kappa shape index (κ1) is 11.5. The van der Waals surface area contributed by atoms with Crippen LogP contribution in [0.2, 0.25) is 0 Å². The summed E-state index contributed by atoms with van der Waals surface area (Å²) in [5.41, 5.74) is 0.760. The maximum Gasteiger partial charge on any atom is 0.119 e. The lowest BCUT2D eigenvalue weighted by atomic mass is 10.1. The van der Waals surface area contributed by atoms with Crippen LogP contribution in [0.3, 0.4) is 0 Å². The molecule has 0 unspecified atom stereocenters. The summed E-state index contributed by atoms with van der Waals surface area (Å²) in [5.74, 6) is 0.872. The van der Waals surface area contributed by atoms with Gasteiger partial charge in [0.2, 0.25) is 0 Å². The van der Waals surface area contributed by atoms with Crippen molar-refractivity contribution < 1.29 is 4.74 Å². The second kappa shape index (κ2) is 5.90. The molecule has 1 aliphatic heterocycles. The quantitative estimate of drug-likeness (QED) is 0.768. The van der Waals surface area contributed by atoms with Gasteiger partial charge in [-0.1, -0.05) is 18.6 Å². The molecule has 0 bridgehead atoms. The smallest absolute Gasteiger partial charge is 0.119 e. The zero-order valence-corrected chi connectivity index (χ0v) is 9.69. The van der Waals surface area contributed by atoms with Gasteiger partial charge in [-0.3, -0.25) is 4.90 Å². The highest BCUT2D eigenvalue weighted by molar-refractivity contribution is 5.29. The number of hydrogen-bond acceptors (Lipinski definition) is 2. The van der Waals surface area contributed by atoms with Crippen molar-refractivity contribution >= 4 is 0 Å². The molecule has 0 N–H and O–H groups in total. The van der Waals surface area contributed by atoms with Crippen molar-refractivity contribution in [2.45, 2.75) is 19.3 Å². The Kier molecular flexibility index (Phi) is 4.23. The van der Waals surface area contributed by atoms with Gasteiger partial charge >= 0.3 is 0 Å². The largest absolute Gasteiger partial charge is 0.492 e. The van der Waals surface area contributed by atoms with Crippen LogP contribution >= 0.6 is 0 Å². The second-order valence-corrected chi connectivity index (χ2v) is 4.32. The van der Waals surface area contributed by atoms with E-state index in [1.54, 1.807) is 0 Å². The first-order valence-corrected chi connectivity index (χ1v) is 6.05. The fourth-order valence-electron chi connectivity index (χ4n) is 2.08. The molecule has 0 amide bonds. The van der Waals surface area contributed by atoms with Crippen molar-refractivity contribution in [2.24, 2.45) is 0 Å². The van der Waals surface area contributed by atoms with Crippen LogP contribution in [0.25, 0.3) is 0 Å². The zero-order chi connectivity index (χ0) is 11.2. The molecule has 0 aromatic heterocycles. The van der Waals surface area contributed by atoms with Crippen molar-refractivity contribution in [3.63, 3.8) is 0 Å². The molecule has 0 atom stereocenters. The summed E-state index contributed by atoms with van der Waals surface area (Å²) in [4.78, 5) is 2.47. The van der Waals surface area contributed by atoms with Gasteiger partial charge in [0.05, 0.1) is 0 Å². The van der Waals surface area contributed by atoms with Crippen LogP contribution in [0.1, 0.15) is 24.8 Å². The highest BCUT2D eigenvalue weighted by Crippen LogP contribution is 2.13. The molecule has 1 heterocycles. The molecule has 2 radical (unpaired) electrons. The van der Waals surface area contributed by atoms with Gasteiger partial charge in [-0.25, -0.2) is 0 Å². The Bertz CT molecular complexity index is 318. The fourth-order valence-corrected chi connectivity index (χ4v) is 2.08. The van der Waals surface area contributed by atoms with Crippen LogP contribution in [0.4, 0.5) is 0 Å². The number of benzene rings is 1. The number of nitrogens with zero attached hydrogens (tertiary/aromatic N) is 1. The van der Waals surface area contributed by atoms with Crippen LogP contribution in [0, 0.1) is 6.92 Å². The highest BCUT2D eigenvalue weighted by Gasteiger charge is 2.09. The van der Waals surface area contributed by atoms with Gasteiger partial charge in [0.15, 0.2) is 0 Å². The predicted octanol–water partition coefficient (Wildman–Crippen LogP) is 2.61.